The molecule has 33 heavy (non-hydrogen) atoms. The van der Waals surface area contributed by atoms with Crippen LogP contribution in [0.1, 0.15) is 123 Å². The molecule has 0 saturated heterocycles. The van der Waals surface area contributed by atoms with E-state index in [-0.39, 0.29) is 18.7 Å². The van der Waals surface area contributed by atoms with E-state index in [4.69, 9.17) is 13.8 Å². The Hall–Kier alpha value is -0.260. The van der Waals surface area contributed by atoms with Crippen LogP contribution >= 0.6 is 8.60 Å². The lowest BCUT2D eigenvalue weighted by Gasteiger charge is -2.19. The highest BCUT2D eigenvalue weighted by atomic mass is 31.2. The van der Waals surface area contributed by atoms with E-state index < -0.39 is 8.60 Å². The third-order valence-corrected chi connectivity index (χ3v) is 6.60. The van der Waals surface area contributed by atoms with Gasteiger partial charge in [-0.2, -0.15) is 0 Å². The molecule has 0 aliphatic heterocycles. The van der Waals surface area contributed by atoms with E-state index in [2.05, 4.69) is 6.92 Å². The Morgan fingerprint density at radius 3 is 1.73 bits per heavy atom. The molecule has 0 radical (unpaired) electrons. The summed E-state index contributed by atoms with van der Waals surface area (Å²) in [6.45, 7) is 5.38. The molecule has 0 aromatic heterocycles. The molecule has 0 aliphatic carbocycles. The third kappa shape index (κ3) is 24.7. The van der Waals surface area contributed by atoms with Crippen LogP contribution in [0.15, 0.2) is 0 Å². The van der Waals surface area contributed by atoms with Crippen LogP contribution in [0.25, 0.3) is 0 Å². The maximum Gasteiger partial charge on any atom is 0.330 e. The van der Waals surface area contributed by atoms with E-state index in [0.29, 0.717) is 13.0 Å². The predicted molar refractivity (Wildman–Crippen MR) is 139 cm³/mol. The second-order valence-electron chi connectivity index (χ2n) is 9.37. The molecule has 198 valence electrons. The van der Waals surface area contributed by atoms with Crippen molar-refractivity contribution in [1.82, 2.24) is 4.90 Å². The van der Waals surface area contributed by atoms with E-state index in [1.165, 1.54) is 83.5 Å². The summed E-state index contributed by atoms with van der Waals surface area (Å²) in [6, 6.07) is 0. The van der Waals surface area contributed by atoms with Gasteiger partial charge in [-0.15, -0.1) is 0 Å². The first kappa shape index (κ1) is 32.7. The first-order valence-corrected chi connectivity index (χ1v) is 14.7. The Labute approximate surface area is 206 Å². The lowest BCUT2D eigenvalue weighted by atomic mass is 10.0. The highest BCUT2D eigenvalue weighted by Crippen LogP contribution is 2.33. The molecule has 0 aromatic rings. The zero-order valence-electron chi connectivity index (χ0n) is 22.2. The average molecular weight is 492 g/mol. The van der Waals surface area contributed by atoms with Gasteiger partial charge in [0.1, 0.15) is 6.10 Å². The number of likely N-dealkylation sites (N-methyl/N-ethyl adjacent to an activating group) is 1. The minimum Gasteiger partial charge on any atom is -0.460 e. The van der Waals surface area contributed by atoms with Gasteiger partial charge in [0.15, 0.2) is 0 Å². The zero-order chi connectivity index (χ0) is 24.6. The highest BCUT2D eigenvalue weighted by Gasteiger charge is 2.17. The molecule has 1 N–H and O–H groups in total. The Balaban J connectivity index is 3.71. The number of esters is 1. The van der Waals surface area contributed by atoms with Gasteiger partial charge < -0.3 is 23.6 Å². The summed E-state index contributed by atoms with van der Waals surface area (Å²) < 4.78 is 16.2. The number of hydrogen-bond donors (Lipinski definition) is 1. The maximum absolute atomic E-state index is 11.7. The van der Waals surface area contributed by atoms with Crippen LogP contribution in [-0.2, 0) is 18.6 Å². The Kier molecular flexibility index (Phi) is 24.7. The van der Waals surface area contributed by atoms with Crippen molar-refractivity contribution in [2.75, 3.05) is 33.9 Å². The molecular formula is C26H54NO5P. The van der Waals surface area contributed by atoms with Crippen molar-refractivity contribution >= 4 is 14.6 Å². The lowest BCUT2D eigenvalue weighted by Crippen LogP contribution is -2.23. The number of carbonyl (C=O) groups is 1. The molecule has 0 amide bonds. The monoisotopic (exact) mass is 491 g/mol. The van der Waals surface area contributed by atoms with E-state index in [1.807, 2.05) is 19.0 Å². The topological polar surface area (TPSA) is 68.2 Å². The summed E-state index contributed by atoms with van der Waals surface area (Å²) in [7, 11) is 1.96. The summed E-state index contributed by atoms with van der Waals surface area (Å²) in [5, 5.41) is 0. The second kappa shape index (κ2) is 24.9. The van der Waals surface area contributed by atoms with Gasteiger partial charge in [0, 0.05) is 13.0 Å². The van der Waals surface area contributed by atoms with Crippen LogP contribution in [-0.4, -0.2) is 55.7 Å². The molecule has 0 fully saturated rings. The third-order valence-electron chi connectivity index (χ3n) is 5.83. The van der Waals surface area contributed by atoms with E-state index in [1.54, 1.807) is 6.92 Å². The molecule has 0 saturated carbocycles. The highest BCUT2D eigenvalue weighted by molar-refractivity contribution is 7.40. The van der Waals surface area contributed by atoms with Gasteiger partial charge in [0.25, 0.3) is 0 Å². The fraction of sp³-hybridized carbons (Fsp3) is 0.962. The minimum atomic E-state index is -1.93. The van der Waals surface area contributed by atoms with Gasteiger partial charge in [-0.1, -0.05) is 104 Å². The van der Waals surface area contributed by atoms with Crippen LogP contribution in [0, 0.1) is 0 Å². The van der Waals surface area contributed by atoms with Crippen LogP contribution in [0.4, 0.5) is 0 Å². The summed E-state index contributed by atoms with van der Waals surface area (Å²) >= 11 is 0. The summed E-state index contributed by atoms with van der Waals surface area (Å²) in [6.07, 6.45) is 20.7. The molecule has 0 bridgehead atoms. The van der Waals surface area contributed by atoms with Crippen LogP contribution in [0.5, 0.6) is 0 Å². The van der Waals surface area contributed by atoms with Crippen molar-refractivity contribution in [1.29, 1.82) is 0 Å². The maximum atomic E-state index is 11.7. The molecule has 0 aliphatic rings. The summed E-state index contributed by atoms with van der Waals surface area (Å²) in [5.41, 5.74) is 0. The fourth-order valence-electron chi connectivity index (χ4n) is 3.67. The summed E-state index contributed by atoms with van der Waals surface area (Å²) in [5.74, 6) is -0.222. The standard InChI is InChI=1S/C26H54NO5P/c1-5-7-8-9-10-11-12-13-14-15-16-17-18-19-20-21-25(32-26(28)6-2)24-31-33(29)30-23-22-27(3)4/h25,29H,5-24H2,1-4H3. The minimum absolute atomic E-state index is 0.189. The number of hydrogen-bond acceptors (Lipinski definition) is 6. The van der Waals surface area contributed by atoms with Gasteiger partial charge in [0.05, 0.1) is 13.2 Å². The summed E-state index contributed by atoms with van der Waals surface area (Å²) in [4.78, 5) is 23.5. The Bertz CT molecular complexity index is 425. The number of rotatable bonds is 25. The second-order valence-corrected chi connectivity index (χ2v) is 10.4. The molecular weight excluding hydrogens is 437 g/mol. The molecule has 2 atom stereocenters. The van der Waals surface area contributed by atoms with E-state index in [0.717, 1.165) is 25.8 Å². The molecule has 6 nitrogen and oxygen atoms in total. The smallest absolute Gasteiger partial charge is 0.330 e. The normalized spacial score (nSPS) is 13.4. The van der Waals surface area contributed by atoms with Crippen LogP contribution in [0.2, 0.25) is 0 Å². The van der Waals surface area contributed by atoms with E-state index in [9.17, 15) is 9.69 Å². The largest absolute Gasteiger partial charge is 0.460 e. The first-order valence-electron chi connectivity index (χ1n) is 13.6. The van der Waals surface area contributed by atoms with Crippen molar-refractivity contribution in [3.05, 3.63) is 0 Å². The van der Waals surface area contributed by atoms with Gasteiger partial charge in [-0.05, 0) is 26.9 Å². The van der Waals surface area contributed by atoms with E-state index >= 15 is 0 Å². The lowest BCUT2D eigenvalue weighted by molar-refractivity contribution is -0.150. The zero-order valence-corrected chi connectivity index (χ0v) is 23.1. The van der Waals surface area contributed by atoms with Crippen molar-refractivity contribution in [3.63, 3.8) is 0 Å². The van der Waals surface area contributed by atoms with Gasteiger partial charge in [-0.25, -0.2) is 0 Å². The molecule has 2 unspecified atom stereocenters. The Morgan fingerprint density at radius 2 is 1.27 bits per heavy atom. The van der Waals surface area contributed by atoms with Crippen molar-refractivity contribution in [3.8, 4) is 0 Å². The van der Waals surface area contributed by atoms with Crippen LogP contribution < -0.4 is 0 Å². The molecule has 0 aromatic carbocycles. The van der Waals surface area contributed by atoms with Crippen LogP contribution in [0.3, 0.4) is 0 Å². The fourth-order valence-corrected chi connectivity index (χ4v) is 4.28. The molecule has 0 spiro atoms. The number of ether oxygens (including phenoxy) is 1. The quantitative estimate of drug-likeness (QED) is 0.0816. The van der Waals surface area contributed by atoms with Gasteiger partial charge in [0.2, 0.25) is 0 Å². The van der Waals surface area contributed by atoms with Crippen molar-refractivity contribution in [2.45, 2.75) is 129 Å². The van der Waals surface area contributed by atoms with Crippen molar-refractivity contribution in [2.24, 2.45) is 0 Å². The Morgan fingerprint density at radius 1 is 0.788 bits per heavy atom. The predicted octanol–water partition coefficient (Wildman–Crippen LogP) is 7.38. The van der Waals surface area contributed by atoms with Gasteiger partial charge >= 0.3 is 14.6 Å². The number of nitrogens with zero attached hydrogens (tertiary/aromatic N) is 1. The SMILES string of the molecule is CCCCCCCCCCCCCCCCCC(COP(O)OCCN(C)C)OC(=O)CC. The molecule has 7 heteroatoms. The first-order chi connectivity index (χ1) is 16.0. The number of unbranched alkanes of at least 4 members (excludes halogenated alkanes) is 14. The van der Waals surface area contributed by atoms with Gasteiger partial charge in [-0.3, -0.25) is 4.79 Å². The number of carbonyl (C=O) groups excluding carboxylic acids is 1. The average Bonchev–Trinajstić information content (AvgIpc) is 2.79. The molecule has 0 rings (SSSR count). The van der Waals surface area contributed by atoms with Crippen molar-refractivity contribution < 1.29 is 23.5 Å². The molecule has 0 heterocycles.